The van der Waals surface area contributed by atoms with Gasteiger partial charge in [0.05, 0.1) is 18.2 Å². The third kappa shape index (κ3) is 5.95. The third-order valence-electron chi connectivity index (χ3n) is 6.33. The molecule has 3 fully saturated rings. The molecular weight excluding hydrogens is 469 g/mol. The van der Waals surface area contributed by atoms with Crippen molar-refractivity contribution in [3.63, 3.8) is 0 Å². The van der Waals surface area contributed by atoms with E-state index in [0.717, 1.165) is 90.3 Å². The topological polar surface area (TPSA) is 71.4 Å². The molecule has 7 nitrogen and oxygen atoms in total. The Kier molecular flexibility index (Phi) is 9.27. The maximum absolute atomic E-state index is 12.7. The summed E-state index contributed by atoms with van der Waals surface area (Å²) in [5.74, 6) is 1.18. The second-order valence-electron chi connectivity index (χ2n) is 8.33. The van der Waals surface area contributed by atoms with E-state index < -0.39 is 5.60 Å². The number of piperazine rings is 1. The normalized spacial score (nSPS) is 24.2. The lowest BCUT2D eigenvalue weighted by Gasteiger charge is -2.39. The maximum atomic E-state index is 12.7. The van der Waals surface area contributed by atoms with Crippen LogP contribution in [-0.4, -0.2) is 95.7 Å². The maximum Gasteiger partial charge on any atom is 0.239 e. The number of halogens is 1. The number of hydrogen-bond donors (Lipinski definition) is 2. The molecule has 1 atom stereocenters. The quantitative estimate of drug-likeness (QED) is 0.336. The van der Waals surface area contributed by atoms with Crippen molar-refractivity contribution in [2.45, 2.75) is 64.0 Å². The van der Waals surface area contributed by atoms with Gasteiger partial charge in [-0.1, -0.05) is 12.8 Å². The zero-order chi connectivity index (χ0) is 19.3. The Balaban J connectivity index is 0.00000280. The largest absolute Gasteiger partial charge is 0.388 e. The monoisotopic (exact) mass is 507 g/mol. The zero-order valence-electron chi connectivity index (χ0n) is 17.5. The van der Waals surface area contributed by atoms with Crippen LogP contribution >= 0.6 is 24.0 Å². The van der Waals surface area contributed by atoms with Crippen molar-refractivity contribution in [3.05, 3.63) is 0 Å². The number of hydrogen-bond acceptors (Lipinski definition) is 4. The summed E-state index contributed by atoms with van der Waals surface area (Å²) in [4.78, 5) is 24.0. The fraction of sp³-hybridized carbons (Fsp3) is 0.900. The molecule has 0 aromatic rings. The minimum absolute atomic E-state index is 0. The smallest absolute Gasteiger partial charge is 0.239 e. The molecule has 0 radical (unpaired) electrons. The Bertz CT molecular complexity index is 525. The van der Waals surface area contributed by atoms with Gasteiger partial charge in [0.1, 0.15) is 0 Å². The van der Waals surface area contributed by atoms with E-state index in [-0.39, 0.29) is 35.9 Å². The van der Waals surface area contributed by atoms with E-state index in [1.165, 1.54) is 0 Å². The Morgan fingerprint density at radius 2 is 1.64 bits per heavy atom. The molecule has 162 valence electrons. The molecule has 2 aliphatic heterocycles. The van der Waals surface area contributed by atoms with Crippen LogP contribution in [0, 0.1) is 0 Å². The Labute approximate surface area is 186 Å². The van der Waals surface area contributed by atoms with Gasteiger partial charge in [-0.2, -0.15) is 0 Å². The first-order valence-electron chi connectivity index (χ1n) is 10.8. The molecule has 2 N–H and O–H groups in total. The summed E-state index contributed by atoms with van der Waals surface area (Å²) in [7, 11) is 0. The van der Waals surface area contributed by atoms with Gasteiger partial charge in [-0.3, -0.25) is 14.7 Å². The average molecular weight is 507 g/mol. The van der Waals surface area contributed by atoms with Crippen LogP contribution in [0.4, 0.5) is 0 Å². The van der Waals surface area contributed by atoms with Gasteiger partial charge in [0.2, 0.25) is 5.91 Å². The van der Waals surface area contributed by atoms with E-state index in [2.05, 4.69) is 22.0 Å². The van der Waals surface area contributed by atoms with Crippen molar-refractivity contribution in [3.8, 4) is 0 Å². The van der Waals surface area contributed by atoms with Crippen LogP contribution < -0.4 is 5.32 Å². The molecular formula is C20H38IN5O2. The molecule has 0 aromatic heterocycles. The Morgan fingerprint density at radius 1 is 1.04 bits per heavy atom. The number of nitrogens with zero attached hydrogens (tertiary/aromatic N) is 4. The van der Waals surface area contributed by atoms with Crippen molar-refractivity contribution in [2.75, 3.05) is 52.4 Å². The van der Waals surface area contributed by atoms with Crippen LogP contribution in [0.3, 0.4) is 0 Å². The van der Waals surface area contributed by atoms with Crippen molar-refractivity contribution >= 4 is 35.8 Å². The Hall–Kier alpha value is -0.610. The fourth-order valence-corrected chi connectivity index (χ4v) is 4.52. The minimum Gasteiger partial charge on any atom is -0.388 e. The minimum atomic E-state index is -0.612. The fourth-order valence-electron chi connectivity index (χ4n) is 4.52. The van der Waals surface area contributed by atoms with Crippen molar-refractivity contribution in [1.82, 2.24) is 20.0 Å². The van der Waals surface area contributed by atoms with Crippen LogP contribution in [0.2, 0.25) is 0 Å². The molecule has 3 aliphatic rings. The summed E-state index contributed by atoms with van der Waals surface area (Å²) in [5.41, 5.74) is -0.612. The molecule has 0 spiro atoms. The molecule has 0 aromatic carbocycles. The number of likely N-dealkylation sites (tertiary alicyclic amines) is 1. The molecule has 2 saturated heterocycles. The first-order chi connectivity index (χ1) is 13.0. The number of nitrogens with one attached hydrogen (secondary N) is 1. The number of carbonyl (C=O) groups excluding carboxylic acids is 1. The van der Waals surface area contributed by atoms with Gasteiger partial charge >= 0.3 is 0 Å². The summed E-state index contributed by atoms with van der Waals surface area (Å²) in [6.45, 7) is 10.7. The van der Waals surface area contributed by atoms with Gasteiger partial charge in [-0.25, -0.2) is 0 Å². The highest BCUT2D eigenvalue weighted by Crippen LogP contribution is 2.29. The number of rotatable bonds is 5. The second-order valence-corrected chi connectivity index (χ2v) is 8.33. The van der Waals surface area contributed by atoms with Crippen molar-refractivity contribution in [1.29, 1.82) is 0 Å². The highest BCUT2D eigenvalue weighted by molar-refractivity contribution is 14.0. The first kappa shape index (κ1) is 23.7. The second kappa shape index (κ2) is 11.0. The molecule has 1 amide bonds. The number of carbonyl (C=O) groups is 1. The lowest BCUT2D eigenvalue weighted by molar-refractivity contribution is -0.135. The van der Waals surface area contributed by atoms with Gasteiger partial charge in [-0.05, 0) is 39.5 Å². The number of aliphatic imine (C=N–C) groups is 1. The molecule has 1 saturated carbocycles. The summed E-state index contributed by atoms with van der Waals surface area (Å²) < 4.78 is 0. The Morgan fingerprint density at radius 3 is 2.21 bits per heavy atom. The van der Waals surface area contributed by atoms with Crippen LogP contribution in [0.25, 0.3) is 0 Å². The van der Waals surface area contributed by atoms with Gasteiger partial charge in [0.25, 0.3) is 0 Å². The molecule has 2 heterocycles. The molecule has 3 rings (SSSR count). The summed E-state index contributed by atoms with van der Waals surface area (Å²) in [6, 6.07) is -0.0380. The van der Waals surface area contributed by atoms with Crippen LogP contribution in [0.5, 0.6) is 0 Å². The predicted molar refractivity (Wildman–Crippen MR) is 123 cm³/mol. The van der Waals surface area contributed by atoms with Crippen LogP contribution in [0.15, 0.2) is 4.99 Å². The van der Waals surface area contributed by atoms with Crippen LogP contribution in [0.1, 0.15) is 52.4 Å². The van der Waals surface area contributed by atoms with Gasteiger partial charge in [0, 0.05) is 45.8 Å². The summed E-state index contributed by atoms with van der Waals surface area (Å²) in [6.07, 6.45) is 6.20. The summed E-state index contributed by atoms with van der Waals surface area (Å²) in [5, 5.41) is 14.0. The van der Waals surface area contributed by atoms with Gasteiger partial charge < -0.3 is 20.2 Å². The number of guanidine groups is 1. The molecule has 8 heteroatoms. The third-order valence-corrected chi connectivity index (χ3v) is 6.33. The number of amides is 1. The molecule has 0 bridgehead atoms. The molecule has 1 unspecified atom stereocenters. The predicted octanol–water partition coefficient (Wildman–Crippen LogP) is 1.50. The van der Waals surface area contributed by atoms with Crippen LogP contribution in [-0.2, 0) is 4.79 Å². The zero-order valence-corrected chi connectivity index (χ0v) is 19.9. The first-order valence-corrected chi connectivity index (χ1v) is 10.8. The van der Waals surface area contributed by atoms with E-state index in [4.69, 9.17) is 4.99 Å². The van der Waals surface area contributed by atoms with Crippen molar-refractivity contribution in [2.24, 2.45) is 4.99 Å². The van der Waals surface area contributed by atoms with E-state index in [0.29, 0.717) is 6.54 Å². The van der Waals surface area contributed by atoms with Gasteiger partial charge in [-0.15, -0.1) is 24.0 Å². The van der Waals surface area contributed by atoms with E-state index in [1.807, 2.05) is 11.8 Å². The van der Waals surface area contributed by atoms with E-state index >= 15 is 0 Å². The van der Waals surface area contributed by atoms with Gasteiger partial charge in [0.15, 0.2) is 5.96 Å². The SMILES string of the molecule is CCNC(=NCC1(O)CCCC1)N1CCN(C(C)C(=O)N2CCCC2)CC1.I. The standard InChI is InChI=1S/C20H37N5O2.HI/c1-3-21-19(22-16-20(27)8-4-5-9-20)25-14-12-23(13-15-25)17(2)18(26)24-10-6-7-11-24;/h17,27H,3-16H2,1-2H3,(H,21,22);1H. The summed E-state index contributed by atoms with van der Waals surface area (Å²) >= 11 is 0. The van der Waals surface area contributed by atoms with Crippen molar-refractivity contribution < 1.29 is 9.90 Å². The lowest BCUT2D eigenvalue weighted by Crippen LogP contribution is -2.57. The van der Waals surface area contributed by atoms with E-state index in [1.54, 1.807) is 0 Å². The van der Waals surface area contributed by atoms with E-state index in [9.17, 15) is 9.90 Å². The molecule has 1 aliphatic carbocycles. The number of aliphatic hydroxyl groups is 1. The molecule has 28 heavy (non-hydrogen) atoms. The average Bonchev–Trinajstić information content (AvgIpc) is 3.36. The highest BCUT2D eigenvalue weighted by atomic mass is 127. The highest BCUT2D eigenvalue weighted by Gasteiger charge is 2.32. The lowest BCUT2D eigenvalue weighted by atomic mass is 10.0.